The highest BCUT2D eigenvalue weighted by Crippen LogP contribution is 2.67. The number of fused-ring (bicyclic) bond motifs is 5. The van der Waals surface area contributed by atoms with Crippen molar-refractivity contribution in [2.24, 2.45) is 28.1 Å². The number of rotatable bonds is 3. The van der Waals surface area contributed by atoms with Crippen molar-refractivity contribution in [1.82, 2.24) is 0 Å². The van der Waals surface area contributed by atoms with Crippen molar-refractivity contribution in [1.29, 1.82) is 0 Å². The Kier molecular flexibility index (Phi) is 5.06. The summed E-state index contributed by atoms with van der Waals surface area (Å²) >= 11 is 0. The van der Waals surface area contributed by atoms with Crippen LogP contribution in [0.3, 0.4) is 0 Å². The number of esters is 2. The number of aliphatic hydroxyl groups is 1. The maximum atomic E-state index is 13.9. The summed E-state index contributed by atoms with van der Waals surface area (Å²) < 4.78 is 16.0. The number of ether oxygens (including phenoxy) is 2. The second-order valence-electron chi connectivity index (χ2n) is 11.6. The second-order valence-corrected chi connectivity index (χ2v) is 11.6. The fraction of sp³-hybridized carbons (Fsp3) is 0.630. The summed E-state index contributed by atoms with van der Waals surface area (Å²) in [6.07, 6.45) is 3.57. The predicted octanol–water partition coefficient (Wildman–Crippen LogP) is 3.48. The van der Waals surface area contributed by atoms with E-state index in [2.05, 4.69) is 0 Å². The summed E-state index contributed by atoms with van der Waals surface area (Å²) in [4.78, 5) is 52.8. The molecule has 3 aliphatic carbocycles. The van der Waals surface area contributed by atoms with Crippen molar-refractivity contribution >= 4 is 23.5 Å². The Morgan fingerprint density at radius 1 is 1.17 bits per heavy atom. The van der Waals surface area contributed by atoms with Gasteiger partial charge in [-0.3, -0.25) is 19.2 Å². The molecule has 5 rings (SSSR count). The van der Waals surface area contributed by atoms with Crippen LogP contribution in [-0.4, -0.2) is 41.3 Å². The van der Waals surface area contributed by atoms with Gasteiger partial charge in [0.15, 0.2) is 17.2 Å². The van der Waals surface area contributed by atoms with E-state index in [0.717, 1.165) is 16.7 Å². The lowest BCUT2D eigenvalue weighted by Crippen LogP contribution is -2.72. The largest absolute Gasteiger partial charge is 0.472 e. The molecular formula is C27H32O8. The number of carbonyl (C=O) groups is 4. The summed E-state index contributed by atoms with van der Waals surface area (Å²) in [6, 6.07) is 1.77. The SMILES string of the molecule is COC(=O)CC1C(C)(C)C(=O)C2(O)CC3=C4CC(=O)OC(c5ccoc5)C4(C)CCC3C1(C)C2=O. The monoisotopic (exact) mass is 484 g/mol. The highest BCUT2D eigenvalue weighted by atomic mass is 16.5. The minimum absolute atomic E-state index is 0.0380. The van der Waals surface area contributed by atoms with E-state index in [0.29, 0.717) is 12.8 Å². The predicted molar refractivity (Wildman–Crippen MR) is 122 cm³/mol. The zero-order valence-corrected chi connectivity index (χ0v) is 20.8. The zero-order chi connectivity index (χ0) is 25.6. The minimum Gasteiger partial charge on any atom is -0.472 e. The molecule has 8 heteroatoms. The zero-order valence-electron chi connectivity index (χ0n) is 20.8. The van der Waals surface area contributed by atoms with E-state index >= 15 is 0 Å². The Labute approximate surface area is 204 Å². The molecule has 1 aromatic rings. The number of hydrogen-bond acceptors (Lipinski definition) is 8. The van der Waals surface area contributed by atoms with Crippen LogP contribution in [0.15, 0.2) is 34.2 Å². The molecule has 1 aliphatic heterocycles. The number of furan rings is 1. The lowest BCUT2D eigenvalue weighted by atomic mass is 9.40. The van der Waals surface area contributed by atoms with Crippen molar-refractivity contribution in [2.75, 3.05) is 7.11 Å². The lowest BCUT2D eigenvalue weighted by molar-refractivity contribution is -0.192. The van der Waals surface area contributed by atoms with Crippen LogP contribution in [-0.2, 0) is 28.7 Å². The first-order valence-corrected chi connectivity index (χ1v) is 12.1. The van der Waals surface area contributed by atoms with Gasteiger partial charge in [0.2, 0.25) is 0 Å². The molecule has 0 radical (unpaired) electrons. The fourth-order valence-electron chi connectivity index (χ4n) is 7.85. The standard InChI is InChI=1S/C27H32O8/c1-24(2)18(11-19(28)33-5)26(4)16-6-8-25(3)17(15(16)12-27(32,22(24)30)23(26)31)10-20(29)35-21(25)14-7-9-34-13-14/h7,9,13,16,18,21,32H,6,8,10-12H2,1-5H3. The van der Waals surface area contributed by atoms with Gasteiger partial charge in [-0.05, 0) is 36.3 Å². The van der Waals surface area contributed by atoms with Gasteiger partial charge in [-0.15, -0.1) is 0 Å². The van der Waals surface area contributed by atoms with Crippen LogP contribution in [0.4, 0.5) is 0 Å². The topological polar surface area (TPSA) is 120 Å². The van der Waals surface area contributed by atoms with Crippen molar-refractivity contribution < 1.29 is 38.2 Å². The first kappa shape index (κ1) is 24.0. The van der Waals surface area contributed by atoms with E-state index in [1.54, 1.807) is 33.1 Å². The summed E-state index contributed by atoms with van der Waals surface area (Å²) in [6.45, 7) is 7.23. The molecule has 0 amide bonds. The molecule has 1 saturated heterocycles. The Bertz CT molecular complexity index is 1160. The van der Waals surface area contributed by atoms with Crippen molar-refractivity contribution in [3.63, 3.8) is 0 Å². The minimum atomic E-state index is -2.20. The van der Waals surface area contributed by atoms with Crippen molar-refractivity contribution in [2.45, 2.75) is 71.5 Å². The third-order valence-corrected chi connectivity index (χ3v) is 9.63. The van der Waals surface area contributed by atoms with Crippen LogP contribution in [0.5, 0.6) is 0 Å². The molecule has 6 unspecified atom stereocenters. The Hall–Kier alpha value is -2.74. The Morgan fingerprint density at radius 3 is 2.51 bits per heavy atom. The molecule has 6 atom stereocenters. The second kappa shape index (κ2) is 7.38. The highest BCUT2D eigenvalue weighted by Gasteiger charge is 2.73. The quantitative estimate of drug-likeness (QED) is 0.393. The molecule has 2 saturated carbocycles. The molecule has 0 aromatic carbocycles. The molecular weight excluding hydrogens is 452 g/mol. The first-order valence-electron chi connectivity index (χ1n) is 12.1. The molecule has 188 valence electrons. The Balaban J connectivity index is 1.72. The van der Waals surface area contributed by atoms with E-state index in [9.17, 15) is 24.3 Å². The van der Waals surface area contributed by atoms with Gasteiger partial charge in [0.1, 0.15) is 6.10 Å². The van der Waals surface area contributed by atoms with Gasteiger partial charge >= 0.3 is 11.9 Å². The lowest BCUT2D eigenvalue weighted by Gasteiger charge is -2.62. The van der Waals surface area contributed by atoms with Gasteiger partial charge in [-0.2, -0.15) is 0 Å². The third kappa shape index (κ3) is 2.95. The molecule has 8 nitrogen and oxygen atoms in total. The fourth-order valence-corrected chi connectivity index (χ4v) is 7.85. The third-order valence-electron chi connectivity index (χ3n) is 9.63. The van der Waals surface area contributed by atoms with Gasteiger partial charge in [0, 0.05) is 28.2 Å². The van der Waals surface area contributed by atoms with Gasteiger partial charge in [0.25, 0.3) is 0 Å². The smallest absolute Gasteiger partial charge is 0.310 e. The van der Waals surface area contributed by atoms with E-state index in [-0.39, 0.29) is 25.2 Å². The molecule has 0 spiro atoms. The van der Waals surface area contributed by atoms with Gasteiger partial charge in [0.05, 0.1) is 32.5 Å². The molecule has 1 aromatic heterocycles. The van der Waals surface area contributed by atoms with Crippen molar-refractivity contribution in [3.05, 3.63) is 35.3 Å². The summed E-state index contributed by atoms with van der Waals surface area (Å²) in [5, 5.41) is 11.7. The normalized spacial score (nSPS) is 40.1. The summed E-state index contributed by atoms with van der Waals surface area (Å²) in [5.74, 6) is -2.97. The van der Waals surface area contributed by atoms with Gasteiger partial charge < -0.3 is 19.0 Å². The van der Waals surface area contributed by atoms with E-state index in [1.807, 2.05) is 6.92 Å². The van der Waals surface area contributed by atoms with Crippen LogP contribution >= 0.6 is 0 Å². The number of hydrogen-bond donors (Lipinski definition) is 1. The van der Waals surface area contributed by atoms with Gasteiger partial charge in [-0.25, -0.2) is 0 Å². The van der Waals surface area contributed by atoms with E-state index < -0.39 is 57.4 Å². The molecule has 1 N–H and O–H groups in total. The molecule has 2 heterocycles. The average molecular weight is 485 g/mol. The van der Waals surface area contributed by atoms with Crippen LogP contribution < -0.4 is 0 Å². The number of ketones is 2. The van der Waals surface area contributed by atoms with Crippen LogP contribution in [0.25, 0.3) is 0 Å². The number of cyclic esters (lactones) is 1. The van der Waals surface area contributed by atoms with Crippen molar-refractivity contribution in [3.8, 4) is 0 Å². The van der Waals surface area contributed by atoms with Crippen LogP contribution in [0.2, 0.25) is 0 Å². The Morgan fingerprint density at radius 2 is 1.89 bits per heavy atom. The number of methoxy groups -OCH3 is 1. The van der Waals surface area contributed by atoms with E-state index in [1.165, 1.54) is 13.4 Å². The number of carbonyl (C=O) groups excluding carboxylic acids is 4. The highest BCUT2D eigenvalue weighted by molar-refractivity contribution is 6.18. The van der Waals surface area contributed by atoms with E-state index in [4.69, 9.17) is 13.9 Å². The van der Waals surface area contributed by atoms with Crippen LogP contribution in [0.1, 0.15) is 71.5 Å². The van der Waals surface area contributed by atoms with Gasteiger partial charge in [-0.1, -0.05) is 33.3 Å². The summed E-state index contributed by atoms with van der Waals surface area (Å²) in [5.41, 5.74) is -2.70. The molecule has 4 aliphatic rings. The average Bonchev–Trinajstić information content (AvgIpc) is 3.34. The molecule has 3 fully saturated rings. The first-order chi connectivity index (χ1) is 16.3. The maximum Gasteiger partial charge on any atom is 0.310 e. The van der Waals surface area contributed by atoms with Crippen LogP contribution in [0, 0.1) is 28.1 Å². The number of Topliss-reactive ketones (excluding diaryl/α,β-unsaturated/α-hetero) is 2. The molecule has 35 heavy (non-hydrogen) atoms. The summed E-state index contributed by atoms with van der Waals surface area (Å²) in [7, 11) is 1.28. The maximum absolute atomic E-state index is 13.9. The molecule has 2 bridgehead atoms.